The van der Waals surface area contributed by atoms with Crippen molar-refractivity contribution in [2.24, 2.45) is 0 Å². The van der Waals surface area contributed by atoms with Crippen LogP contribution in [0.3, 0.4) is 0 Å². The molecular formula is C19H10BrFN2O2S. The summed E-state index contributed by atoms with van der Waals surface area (Å²) in [5.41, 5.74) is 1.10. The summed E-state index contributed by atoms with van der Waals surface area (Å²) in [4.78, 5) is 20.2. The second kappa shape index (κ2) is 5.75. The molecule has 1 N–H and O–H groups in total. The Morgan fingerprint density at radius 2 is 2.00 bits per heavy atom. The molecule has 1 aliphatic heterocycles. The number of nitrogens with one attached hydrogen (secondary N) is 1. The number of H-pyrrole nitrogens is 1. The Labute approximate surface area is 159 Å². The largest absolute Gasteiger partial charge is 0.437 e. The molecule has 128 valence electrons. The zero-order chi connectivity index (χ0) is 17.8. The fourth-order valence-electron chi connectivity index (χ4n) is 3.31. The van der Waals surface area contributed by atoms with Gasteiger partial charge in [-0.3, -0.25) is 4.79 Å². The van der Waals surface area contributed by atoms with E-state index in [0.29, 0.717) is 21.4 Å². The van der Waals surface area contributed by atoms with Gasteiger partial charge in [0, 0.05) is 9.86 Å². The smallest absolute Gasteiger partial charge is 0.258 e. The van der Waals surface area contributed by atoms with E-state index >= 15 is 0 Å². The quantitative estimate of drug-likeness (QED) is 0.400. The topological polar surface area (TPSA) is 55.0 Å². The minimum Gasteiger partial charge on any atom is -0.437 e. The van der Waals surface area contributed by atoms with Crippen molar-refractivity contribution in [3.8, 4) is 11.6 Å². The highest BCUT2D eigenvalue weighted by Crippen LogP contribution is 2.52. The highest BCUT2D eigenvalue weighted by Gasteiger charge is 2.35. The van der Waals surface area contributed by atoms with Gasteiger partial charge in [-0.1, -0.05) is 34.1 Å². The SMILES string of the molecule is O=c1[nH]cnc2c1C(c1ccc(Br)cc1)c1sc3c(F)cccc3c1O2. The van der Waals surface area contributed by atoms with Gasteiger partial charge in [0.15, 0.2) is 5.75 Å². The van der Waals surface area contributed by atoms with Crippen molar-refractivity contribution < 1.29 is 9.13 Å². The van der Waals surface area contributed by atoms with Crippen LogP contribution >= 0.6 is 27.3 Å². The molecule has 7 heteroatoms. The maximum absolute atomic E-state index is 14.3. The number of benzene rings is 2. The summed E-state index contributed by atoms with van der Waals surface area (Å²) >= 11 is 4.75. The number of ether oxygens (including phenoxy) is 1. The second-order valence-corrected chi connectivity index (χ2v) is 7.92. The molecule has 0 saturated heterocycles. The Balaban J connectivity index is 1.86. The number of hydrogen-bond donors (Lipinski definition) is 1. The molecule has 0 fully saturated rings. The van der Waals surface area contributed by atoms with E-state index in [1.54, 1.807) is 6.07 Å². The third-order valence-corrected chi connectivity index (χ3v) is 6.24. The van der Waals surface area contributed by atoms with Crippen LogP contribution in [-0.2, 0) is 0 Å². The zero-order valence-corrected chi connectivity index (χ0v) is 15.5. The predicted octanol–water partition coefficient (Wildman–Crippen LogP) is 5.17. The van der Waals surface area contributed by atoms with Gasteiger partial charge in [-0.15, -0.1) is 11.3 Å². The molecule has 1 unspecified atom stereocenters. The van der Waals surface area contributed by atoms with Gasteiger partial charge in [0.2, 0.25) is 5.88 Å². The summed E-state index contributed by atoms with van der Waals surface area (Å²) in [6.07, 6.45) is 1.32. The Kier molecular flexibility index (Phi) is 3.48. The highest BCUT2D eigenvalue weighted by atomic mass is 79.9. The number of halogens is 2. The van der Waals surface area contributed by atoms with Crippen LogP contribution in [0.15, 0.2) is 58.1 Å². The molecule has 4 nitrogen and oxygen atoms in total. The van der Waals surface area contributed by atoms with Crippen molar-refractivity contribution in [3.63, 3.8) is 0 Å². The average Bonchev–Trinajstić information content (AvgIpc) is 3.01. The van der Waals surface area contributed by atoms with Gasteiger partial charge in [0.1, 0.15) is 5.82 Å². The summed E-state index contributed by atoms with van der Waals surface area (Å²) in [5, 5.41) is 0.694. The van der Waals surface area contributed by atoms with Crippen LogP contribution in [0.1, 0.15) is 21.9 Å². The van der Waals surface area contributed by atoms with Crippen LogP contribution in [0.2, 0.25) is 0 Å². The van der Waals surface area contributed by atoms with E-state index in [1.165, 1.54) is 23.7 Å². The fourth-order valence-corrected chi connectivity index (χ4v) is 4.84. The lowest BCUT2D eigenvalue weighted by molar-refractivity contribution is 0.439. The molecule has 0 bridgehead atoms. The minimum atomic E-state index is -0.365. The molecule has 3 heterocycles. The van der Waals surface area contributed by atoms with Crippen molar-refractivity contribution in [2.45, 2.75) is 5.92 Å². The summed E-state index contributed by atoms with van der Waals surface area (Å²) in [6, 6.07) is 12.6. The molecule has 0 radical (unpaired) electrons. The van der Waals surface area contributed by atoms with Crippen molar-refractivity contribution in [3.05, 3.63) is 85.4 Å². The Morgan fingerprint density at radius 3 is 2.81 bits per heavy atom. The lowest BCUT2D eigenvalue weighted by Crippen LogP contribution is -2.22. The molecule has 2 aromatic carbocycles. The molecule has 2 aromatic heterocycles. The van der Waals surface area contributed by atoms with Crippen LogP contribution < -0.4 is 10.3 Å². The van der Waals surface area contributed by atoms with Crippen molar-refractivity contribution in [2.75, 3.05) is 0 Å². The first-order chi connectivity index (χ1) is 12.6. The lowest BCUT2D eigenvalue weighted by atomic mass is 9.89. The third kappa shape index (κ3) is 2.24. The molecule has 1 aliphatic rings. The van der Waals surface area contributed by atoms with E-state index in [1.807, 2.05) is 30.3 Å². The van der Waals surface area contributed by atoms with Crippen LogP contribution in [0.5, 0.6) is 11.6 Å². The van der Waals surface area contributed by atoms with E-state index in [0.717, 1.165) is 14.9 Å². The summed E-state index contributed by atoms with van der Waals surface area (Å²) < 4.78 is 21.7. The average molecular weight is 429 g/mol. The van der Waals surface area contributed by atoms with Crippen molar-refractivity contribution >= 4 is 37.4 Å². The van der Waals surface area contributed by atoms with Gasteiger partial charge in [-0.05, 0) is 29.8 Å². The molecule has 1 atom stereocenters. The molecule has 0 amide bonds. The van der Waals surface area contributed by atoms with Gasteiger partial charge >= 0.3 is 0 Å². The summed E-state index contributed by atoms with van der Waals surface area (Å²) in [5.74, 6) is 0.170. The van der Waals surface area contributed by atoms with Crippen molar-refractivity contribution in [1.29, 1.82) is 0 Å². The normalized spacial score (nSPS) is 15.4. The second-order valence-electron chi connectivity index (χ2n) is 5.95. The highest BCUT2D eigenvalue weighted by molar-refractivity contribution is 9.10. The summed E-state index contributed by atoms with van der Waals surface area (Å²) in [6.45, 7) is 0. The maximum Gasteiger partial charge on any atom is 0.258 e. The Morgan fingerprint density at radius 1 is 1.19 bits per heavy atom. The van der Waals surface area contributed by atoms with Crippen LogP contribution in [0.25, 0.3) is 10.1 Å². The first-order valence-electron chi connectivity index (χ1n) is 7.85. The van der Waals surface area contributed by atoms with Gasteiger partial charge in [-0.2, -0.15) is 0 Å². The number of fused-ring (bicyclic) bond motifs is 4. The zero-order valence-electron chi connectivity index (χ0n) is 13.1. The van der Waals surface area contributed by atoms with E-state index in [4.69, 9.17) is 4.74 Å². The van der Waals surface area contributed by atoms with Gasteiger partial charge < -0.3 is 9.72 Å². The predicted molar refractivity (Wildman–Crippen MR) is 102 cm³/mol. The molecule has 4 aromatic rings. The van der Waals surface area contributed by atoms with Crippen molar-refractivity contribution in [1.82, 2.24) is 9.97 Å². The van der Waals surface area contributed by atoms with Gasteiger partial charge in [-0.25, -0.2) is 9.37 Å². The van der Waals surface area contributed by atoms with Gasteiger partial charge in [0.25, 0.3) is 5.56 Å². The third-order valence-electron chi connectivity index (χ3n) is 4.45. The maximum atomic E-state index is 14.3. The van der Waals surface area contributed by atoms with Crippen LogP contribution in [-0.4, -0.2) is 9.97 Å². The van der Waals surface area contributed by atoms with E-state index in [-0.39, 0.29) is 23.2 Å². The van der Waals surface area contributed by atoms with Crippen LogP contribution in [0.4, 0.5) is 4.39 Å². The lowest BCUT2D eigenvalue weighted by Gasteiger charge is -2.24. The standard InChI is InChI=1S/C19H10BrFN2O2S/c20-10-6-4-9(5-7-10)13-14-18(24)22-8-23-19(14)25-15-11-2-1-3-12(21)16(11)26-17(13)15/h1-8,13H,(H,22,23,24). The molecule has 0 saturated carbocycles. The first-order valence-corrected chi connectivity index (χ1v) is 9.46. The van der Waals surface area contributed by atoms with E-state index in [9.17, 15) is 9.18 Å². The molecular weight excluding hydrogens is 419 g/mol. The monoisotopic (exact) mass is 428 g/mol. The number of thiophene rings is 1. The minimum absolute atomic E-state index is 0.258. The number of nitrogens with zero attached hydrogens (tertiary/aromatic N) is 1. The Hall–Kier alpha value is -2.51. The Bertz CT molecular complexity index is 1220. The number of aromatic nitrogens is 2. The summed E-state index contributed by atoms with van der Waals surface area (Å²) in [7, 11) is 0. The molecule has 0 spiro atoms. The first kappa shape index (κ1) is 15.7. The fraction of sp³-hybridized carbons (Fsp3) is 0.0526. The van der Waals surface area contributed by atoms with E-state index < -0.39 is 0 Å². The number of rotatable bonds is 1. The molecule has 0 aliphatic carbocycles. The molecule has 26 heavy (non-hydrogen) atoms. The number of hydrogen-bond acceptors (Lipinski definition) is 4. The number of aromatic amines is 1. The van der Waals surface area contributed by atoms with Gasteiger partial charge in [0.05, 0.1) is 27.4 Å². The van der Waals surface area contributed by atoms with Crippen LogP contribution in [0, 0.1) is 5.82 Å². The molecule has 5 rings (SSSR count). The van der Waals surface area contributed by atoms with E-state index in [2.05, 4.69) is 25.9 Å².